The molecule has 1 atom stereocenters. The lowest BCUT2D eigenvalue weighted by atomic mass is 9.90. The number of nitrogens with one attached hydrogen (secondary N) is 2. The molecule has 6 nitrogen and oxygen atoms in total. The third-order valence-electron chi connectivity index (χ3n) is 5.26. The molecule has 0 heterocycles. The van der Waals surface area contributed by atoms with Crippen molar-refractivity contribution in [3.8, 4) is 5.75 Å². The number of aromatic hydroxyl groups is 1. The van der Waals surface area contributed by atoms with E-state index in [0.717, 1.165) is 16.7 Å². The summed E-state index contributed by atoms with van der Waals surface area (Å²) < 4.78 is 0. The van der Waals surface area contributed by atoms with E-state index in [0.29, 0.717) is 25.9 Å². The van der Waals surface area contributed by atoms with Gasteiger partial charge in [0.05, 0.1) is 5.92 Å². The standard InChI is InChI=1S/C26H29N3O3/c27-17-7-12-23(25(31)28-18-19-13-15-22(30)16-14-19)29-26(32)24(20-8-3-1-4-9-20)21-10-5-2-6-11-21/h1-6,8-11,13-16,23-24,30H,7,12,17-18,27H2,(H,28,31)(H,29,32). The summed E-state index contributed by atoms with van der Waals surface area (Å²) in [4.78, 5) is 26.3. The first-order valence-electron chi connectivity index (χ1n) is 10.7. The Kier molecular flexibility index (Phi) is 8.40. The van der Waals surface area contributed by atoms with E-state index >= 15 is 0 Å². The summed E-state index contributed by atoms with van der Waals surface area (Å²) in [5.41, 5.74) is 8.23. The van der Waals surface area contributed by atoms with Gasteiger partial charge >= 0.3 is 0 Å². The summed E-state index contributed by atoms with van der Waals surface area (Å²) >= 11 is 0. The molecule has 0 spiro atoms. The molecule has 2 amide bonds. The molecule has 0 bridgehead atoms. The summed E-state index contributed by atoms with van der Waals surface area (Å²) in [5.74, 6) is -0.854. The van der Waals surface area contributed by atoms with E-state index in [1.807, 2.05) is 60.7 Å². The Morgan fingerprint density at radius 2 is 1.38 bits per heavy atom. The van der Waals surface area contributed by atoms with Crippen LogP contribution in [0.25, 0.3) is 0 Å². The van der Waals surface area contributed by atoms with Crippen LogP contribution >= 0.6 is 0 Å². The molecule has 0 saturated heterocycles. The van der Waals surface area contributed by atoms with Crippen LogP contribution in [0.2, 0.25) is 0 Å². The highest BCUT2D eigenvalue weighted by molar-refractivity contribution is 5.92. The first-order chi connectivity index (χ1) is 15.6. The van der Waals surface area contributed by atoms with E-state index in [4.69, 9.17) is 5.73 Å². The predicted octanol–water partition coefficient (Wildman–Crippen LogP) is 3.06. The molecule has 0 aromatic heterocycles. The third kappa shape index (κ3) is 6.43. The lowest BCUT2D eigenvalue weighted by Gasteiger charge is -2.23. The fourth-order valence-corrected chi connectivity index (χ4v) is 3.56. The zero-order valence-corrected chi connectivity index (χ0v) is 17.9. The van der Waals surface area contributed by atoms with Gasteiger partial charge < -0.3 is 21.5 Å². The number of phenols is 1. The maximum Gasteiger partial charge on any atom is 0.242 e. The molecule has 0 aliphatic heterocycles. The van der Waals surface area contributed by atoms with Gasteiger partial charge in [-0.05, 0) is 48.2 Å². The highest BCUT2D eigenvalue weighted by Crippen LogP contribution is 2.25. The molecule has 3 rings (SSSR count). The van der Waals surface area contributed by atoms with Crippen LogP contribution in [-0.2, 0) is 16.1 Å². The summed E-state index contributed by atoms with van der Waals surface area (Å²) in [6.45, 7) is 0.729. The van der Waals surface area contributed by atoms with Crippen LogP contribution in [0.15, 0.2) is 84.9 Å². The van der Waals surface area contributed by atoms with Gasteiger partial charge in [-0.1, -0.05) is 72.8 Å². The van der Waals surface area contributed by atoms with Gasteiger partial charge in [-0.15, -0.1) is 0 Å². The molecule has 0 aliphatic rings. The minimum Gasteiger partial charge on any atom is -0.508 e. The van der Waals surface area contributed by atoms with Crippen LogP contribution in [0, 0.1) is 0 Å². The molecular formula is C26H29N3O3. The zero-order chi connectivity index (χ0) is 22.8. The average Bonchev–Trinajstić information content (AvgIpc) is 2.82. The molecule has 0 saturated carbocycles. The number of amides is 2. The van der Waals surface area contributed by atoms with Crippen LogP contribution in [0.5, 0.6) is 5.75 Å². The summed E-state index contributed by atoms with van der Waals surface area (Å²) in [7, 11) is 0. The Bertz CT molecular complexity index is 952. The second kappa shape index (κ2) is 11.7. The van der Waals surface area contributed by atoms with E-state index < -0.39 is 12.0 Å². The number of carbonyl (C=O) groups excluding carboxylic acids is 2. The van der Waals surface area contributed by atoms with Crippen molar-refractivity contribution in [2.45, 2.75) is 31.3 Å². The van der Waals surface area contributed by atoms with Crippen molar-refractivity contribution in [2.24, 2.45) is 5.73 Å². The number of hydrogen-bond donors (Lipinski definition) is 4. The first-order valence-corrected chi connectivity index (χ1v) is 10.7. The molecule has 5 N–H and O–H groups in total. The zero-order valence-electron chi connectivity index (χ0n) is 17.9. The van der Waals surface area contributed by atoms with Crippen molar-refractivity contribution in [1.82, 2.24) is 10.6 Å². The normalized spacial score (nSPS) is 11.7. The van der Waals surface area contributed by atoms with Crippen molar-refractivity contribution < 1.29 is 14.7 Å². The van der Waals surface area contributed by atoms with Gasteiger partial charge in [-0.2, -0.15) is 0 Å². The fraction of sp³-hybridized carbons (Fsp3) is 0.231. The highest BCUT2D eigenvalue weighted by atomic mass is 16.3. The maximum absolute atomic E-state index is 13.4. The number of benzene rings is 3. The van der Waals surface area contributed by atoms with E-state index in [9.17, 15) is 14.7 Å². The van der Waals surface area contributed by atoms with Crippen molar-refractivity contribution in [2.75, 3.05) is 6.54 Å². The number of rotatable bonds is 10. The van der Waals surface area contributed by atoms with E-state index in [-0.39, 0.29) is 17.6 Å². The number of carbonyl (C=O) groups is 2. The molecule has 32 heavy (non-hydrogen) atoms. The smallest absolute Gasteiger partial charge is 0.242 e. The SMILES string of the molecule is NCCCC(NC(=O)C(c1ccccc1)c1ccccc1)C(=O)NCc1ccc(O)cc1. The van der Waals surface area contributed by atoms with Gasteiger partial charge in [-0.25, -0.2) is 0 Å². The first kappa shape index (κ1) is 23.0. The maximum atomic E-state index is 13.4. The molecule has 3 aromatic carbocycles. The monoisotopic (exact) mass is 431 g/mol. The summed E-state index contributed by atoms with van der Waals surface area (Å²) in [6, 6.07) is 25.0. The van der Waals surface area contributed by atoms with Crippen molar-refractivity contribution in [3.05, 3.63) is 102 Å². The quantitative estimate of drug-likeness (QED) is 0.396. The molecule has 3 aromatic rings. The second-order valence-corrected chi connectivity index (χ2v) is 7.63. The average molecular weight is 432 g/mol. The molecule has 1 unspecified atom stereocenters. The van der Waals surface area contributed by atoms with Gasteiger partial charge in [0.1, 0.15) is 11.8 Å². The molecular weight excluding hydrogens is 402 g/mol. The van der Waals surface area contributed by atoms with Crippen LogP contribution in [0.3, 0.4) is 0 Å². The Morgan fingerprint density at radius 3 is 1.91 bits per heavy atom. The fourth-order valence-electron chi connectivity index (χ4n) is 3.56. The van der Waals surface area contributed by atoms with Crippen LogP contribution in [-0.4, -0.2) is 29.5 Å². The largest absolute Gasteiger partial charge is 0.508 e. The van der Waals surface area contributed by atoms with Crippen molar-refractivity contribution >= 4 is 11.8 Å². The van der Waals surface area contributed by atoms with E-state index in [2.05, 4.69) is 10.6 Å². The van der Waals surface area contributed by atoms with Gasteiger partial charge in [0.15, 0.2) is 0 Å². The lowest BCUT2D eigenvalue weighted by Crippen LogP contribution is -2.48. The van der Waals surface area contributed by atoms with Gasteiger partial charge in [0.25, 0.3) is 0 Å². The van der Waals surface area contributed by atoms with Crippen molar-refractivity contribution in [3.63, 3.8) is 0 Å². The lowest BCUT2D eigenvalue weighted by molar-refractivity contribution is -0.129. The minimum absolute atomic E-state index is 0.168. The minimum atomic E-state index is -0.696. The van der Waals surface area contributed by atoms with Gasteiger partial charge in [-0.3, -0.25) is 9.59 Å². The summed E-state index contributed by atoms with van der Waals surface area (Å²) in [5, 5.41) is 15.2. The number of hydrogen-bond acceptors (Lipinski definition) is 4. The third-order valence-corrected chi connectivity index (χ3v) is 5.26. The Morgan fingerprint density at radius 1 is 0.812 bits per heavy atom. The highest BCUT2D eigenvalue weighted by Gasteiger charge is 2.27. The predicted molar refractivity (Wildman–Crippen MR) is 125 cm³/mol. The van der Waals surface area contributed by atoms with E-state index in [1.165, 1.54) is 0 Å². The topological polar surface area (TPSA) is 104 Å². The summed E-state index contributed by atoms with van der Waals surface area (Å²) in [6.07, 6.45) is 1.05. The Labute approximate surface area is 188 Å². The molecule has 6 heteroatoms. The van der Waals surface area contributed by atoms with Gasteiger partial charge in [0, 0.05) is 6.54 Å². The molecule has 166 valence electrons. The Balaban J connectivity index is 1.75. The van der Waals surface area contributed by atoms with Crippen LogP contribution < -0.4 is 16.4 Å². The molecule has 0 radical (unpaired) electrons. The molecule has 0 aliphatic carbocycles. The van der Waals surface area contributed by atoms with Crippen LogP contribution in [0.1, 0.15) is 35.4 Å². The number of phenolic OH excluding ortho intramolecular Hbond substituents is 1. The van der Waals surface area contributed by atoms with Crippen LogP contribution in [0.4, 0.5) is 0 Å². The number of nitrogens with two attached hydrogens (primary N) is 1. The Hall–Kier alpha value is -3.64. The van der Waals surface area contributed by atoms with Crippen molar-refractivity contribution in [1.29, 1.82) is 0 Å². The van der Waals surface area contributed by atoms with E-state index in [1.54, 1.807) is 24.3 Å². The van der Waals surface area contributed by atoms with Gasteiger partial charge in [0.2, 0.25) is 11.8 Å². The second-order valence-electron chi connectivity index (χ2n) is 7.63. The molecule has 0 fully saturated rings.